The summed E-state index contributed by atoms with van der Waals surface area (Å²) in [6.45, 7) is 0. The first-order valence-corrected chi connectivity index (χ1v) is 9.43. The molecule has 0 aromatic heterocycles. The Morgan fingerprint density at radius 1 is 1.16 bits per heavy atom. The van der Waals surface area contributed by atoms with Gasteiger partial charge in [-0.15, -0.1) is 0 Å². The number of alkyl halides is 3. The van der Waals surface area contributed by atoms with Crippen LogP contribution in [0.25, 0.3) is 0 Å². The van der Waals surface area contributed by atoms with Crippen molar-refractivity contribution in [1.29, 1.82) is 5.26 Å². The molecule has 0 heterocycles. The molecule has 0 bridgehead atoms. The zero-order valence-electron chi connectivity index (χ0n) is 16.2. The normalized spacial score (nSPS) is 14.2. The van der Waals surface area contributed by atoms with Gasteiger partial charge >= 0.3 is 6.18 Å². The van der Waals surface area contributed by atoms with Crippen LogP contribution in [0.3, 0.4) is 0 Å². The molecular weight excluding hydrogens is 450 g/mol. The third-order valence-electron chi connectivity index (χ3n) is 4.99. The van der Waals surface area contributed by atoms with Crippen LogP contribution in [-0.2, 0) is 11.0 Å². The number of amides is 2. The first kappa shape index (κ1) is 23.0. The van der Waals surface area contributed by atoms with Gasteiger partial charge in [-0.2, -0.15) is 18.4 Å². The van der Waals surface area contributed by atoms with Crippen LogP contribution in [0.4, 0.5) is 28.9 Å². The predicted molar refractivity (Wildman–Crippen MR) is 111 cm³/mol. The molecule has 0 spiro atoms. The highest BCUT2D eigenvalue weighted by atomic mass is 32.1. The fourth-order valence-corrected chi connectivity index (χ4v) is 3.63. The number of anilines is 2. The number of hydrogen-bond donors (Lipinski definition) is 3. The molecule has 0 saturated heterocycles. The summed E-state index contributed by atoms with van der Waals surface area (Å²) in [6.07, 6.45) is -4.25. The third kappa shape index (κ3) is 4.19. The molecule has 7 nitrogen and oxygen atoms in total. The Balaban J connectivity index is 2.02. The number of nitriles is 1. The third-order valence-corrected chi connectivity index (χ3v) is 5.27. The van der Waals surface area contributed by atoms with Crippen molar-refractivity contribution < 1.29 is 27.2 Å². The van der Waals surface area contributed by atoms with Crippen LogP contribution >= 0.6 is 12.2 Å². The van der Waals surface area contributed by atoms with Crippen molar-refractivity contribution in [3.63, 3.8) is 0 Å². The Kier molecular flexibility index (Phi) is 5.80. The second kappa shape index (κ2) is 8.08. The molecule has 2 aromatic carbocycles. The number of rotatable bonds is 5. The maximum atomic E-state index is 14.4. The predicted octanol–water partition coefficient (Wildman–Crippen LogP) is 3.04. The second-order valence-corrected chi connectivity index (χ2v) is 7.45. The highest BCUT2D eigenvalue weighted by Crippen LogP contribution is 2.45. The average Bonchev–Trinajstić information content (AvgIpc) is 3.49. The molecule has 0 atom stereocenters. The van der Waals surface area contributed by atoms with Crippen LogP contribution in [0.1, 0.15) is 34.3 Å². The summed E-state index contributed by atoms with van der Waals surface area (Å²) in [7, 11) is 0. The topological polar surface area (TPSA) is 125 Å². The molecule has 1 aliphatic rings. The maximum absolute atomic E-state index is 14.4. The number of thiocarbonyl (C=S) groups is 1. The van der Waals surface area contributed by atoms with E-state index in [0.717, 1.165) is 18.2 Å². The summed E-state index contributed by atoms with van der Waals surface area (Å²) in [5.41, 5.74) is 7.10. The van der Waals surface area contributed by atoms with E-state index in [1.54, 1.807) is 0 Å². The van der Waals surface area contributed by atoms with Crippen molar-refractivity contribution in [2.24, 2.45) is 11.5 Å². The minimum Gasteiger partial charge on any atom is -0.368 e. The highest BCUT2D eigenvalue weighted by molar-refractivity contribution is 7.80. The molecule has 1 aliphatic carbocycles. The van der Waals surface area contributed by atoms with Crippen molar-refractivity contribution in [3.8, 4) is 6.07 Å². The number of carbonyl (C=O) groups excluding carboxylic acids is 2. The lowest BCUT2D eigenvalue weighted by atomic mass is 10.1. The van der Waals surface area contributed by atoms with E-state index in [-0.39, 0.29) is 29.3 Å². The number of hydrogen-bond acceptors (Lipinski definition) is 4. The molecule has 32 heavy (non-hydrogen) atoms. The van der Waals surface area contributed by atoms with Crippen LogP contribution in [0.5, 0.6) is 0 Å². The van der Waals surface area contributed by atoms with E-state index in [9.17, 15) is 27.2 Å². The van der Waals surface area contributed by atoms with Gasteiger partial charge in [0.2, 0.25) is 5.91 Å². The van der Waals surface area contributed by atoms with E-state index in [0.29, 0.717) is 6.07 Å². The average molecular weight is 465 g/mol. The minimum absolute atomic E-state index is 0.0472. The molecular formula is C20H15F4N5O2S. The van der Waals surface area contributed by atoms with Gasteiger partial charge < -0.3 is 21.7 Å². The number of nitrogens with two attached hydrogens (primary N) is 2. The van der Waals surface area contributed by atoms with Crippen molar-refractivity contribution in [3.05, 3.63) is 58.9 Å². The number of halogens is 4. The number of primary amides is 2. The van der Waals surface area contributed by atoms with Crippen molar-refractivity contribution in [2.75, 3.05) is 10.2 Å². The van der Waals surface area contributed by atoms with Gasteiger partial charge in [-0.25, -0.2) is 4.39 Å². The van der Waals surface area contributed by atoms with Gasteiger partial charge in [-0.3, -0.25) is 9.59 Å². The molecule has 1 fully saturated rings. The maximum Gasteiger partial charge on any atom is 0.417 e. The minimum atomic E-state index is -4.79. The summed E-state index contributed by atoms with van der Waals surface area (Å²) in [5, 5.41) is 11.3. The smallest absolute Gasteiger partial charge is 0.368 e. The van der Waals surface area contributed by atoms with Gasteiger partial charge in [-0.1, -0.05) is 0 Å². The summed E-state index contributed by atoms with van der Waals surface area (Å²) in [6, 6.07) is 7.67. The van der Waals surface area contributed by atoms with Crippen molar-refractivity contribution in [2.45, 2.75) is 24.6 Å². The van der Waals surface area contributed by atoms with Gasteiger partial charge in [0.05, 0.1) is 22.8 Å². The van der Waals surface area contributed by atoms with Crippen LogP contribution < -0.4 is 21.7 Å². The zero-order valence-corrected chi connectivity index (χ0v) is 17.0. The summed E-state index contributed by atoms with van der Waals surface area (Å²) >= 11 is 5.32. The van der Waals surface area contributed by atoms with E-state index in [1.807, 2.05) is 0 Å². The van der Waals surface area contributed by atoms with Gasteiger partial charge in [0.25, 0.3) is 5.91 Å². The van der Waals surface area contributed by atoms with E-state index in [2.05, 4.69) is 5.32 Å². The number of benzene rings is 2. The Bertz CT molecular complexity index is 1170. The zero-order chi connectivity index (χ0) is 23.8. The molecule has 2 amide bonds. The van der Waals surface area contributed by atoms with Crippen molar-refractivity contribution >= 4 is 40.5 Å². The summed E-state index contributed by atoms with van der Waals surface area (Å²) < 4.78 is 54.2. The van der Waals surface area contributed by atoms with Gasteiger partial charge in [-0.05, 0) is 61.5 Å². The Labute approximate surface area is 184 Å². The standard InChI is InChI=1S/C20H15F4N5O2S/c21-15-8-12(3-4-13(15)16(26)30)29(19(5-6-19)17(27)31)18(32)28-11-2-1-10(9-25)14(7-11)20(22,23)24/h1-4,7-8H,5-6H2,(H2,26,30)(H2,27,31)(H,28,32). The van der Waals surface area contributed by atoms with Crippen LogP contribution in [0.15, 0.2) is 36.4 Å². The van der Waals surface area contributed by atoms with Gasteiger partial charge in [0, 0.05) is 11.4 Å². The lowest BCUT2D eigenvalue weighted by Crippen LogP contribution is -2.52. The largest absolute Gasteiger partial charge is 0.417 e. The second-order valence-electron chi connectivity index (χ2n) is 7.06. The van der Waals surface area contributed by atoms with Gasteiger partial charge in [0.15, 0.2) is 5.11 Å². The first-order chi connectivity index (χ1) is 14.9. The van der Waals surface area contributed by atoms with E-state index in [4.69, 9.17) is 28.9 Å². The van der Waals surface area contributed by atoms with E-state index in [1.165, 1.54) is 23.1 Å². The quantitative estimate of drug-likeness (QED) is 0.461. The molecule has 5 N–H and O–H groups in total. The van der Waals surface area contributed by atoms with Crippen LogP contribution in [-0.4, -0.2) is 22.5 Å². The molecule has 166 valence electrons. The van der Waals surface area contributed by atoms with E-state index >= 15 is 0 Å². The highest BCUT2D eigenvalue weighted by Gasteiger charge is 2.55. The molecule has 0 unspecified atom stereocenters. The first-order valence-electron chi connectivity index (χ1n) is 9.02. The summed E-state index contributed by atoms with van der Waals surface area (Å²) in [4.78, 5) is 24.6. The fraction of sp³-hybridized carbons (Fsp3) is 0.200. The lowest BCUT2D eigenvalue weighted by Gasteiger charge is -2.32. The molecule has 12 heteroatoms. The molecule has 0 aliphatic heterocycles. The number of nitrogens with zero attached hydrogens (tertiary/aromatic N) is 2. The Morgan fingerprint density at radius 2 is 1.81 bits per heavy atom. The van der Waals surface area contributed by atoms with E-state index < -0.39 is 46.0 Å². The van der Waals surface area contributed by atoms with Crippen molar-refractivity contribution in [1.82, 2.24) is 0 Å². The number of carbonyl (C=O) groups is 2. The van der Waals surface area contributed by atoms with Crippen LogP contribution in [0, 0.1) is 17.1 Å². The Hall–Kier alpha value is -3.72. The summed E-state index contributed by atoms with van der Waals surface area (Å²) in [5.74, 6) is -2.74. The SMILES string of the molecule is N#Cc1ccc(NC(=S)N(c2ccc(C(N)=O)c(F)c2)C2(C(N)=O)CC2)cc1C(F)(F)F. The molecule has 2 aromatic rings. The number of nitrogens with one attached hydrogen (secondary N) is 1. The van der Waals surface area contributed by atoms with Gasteiger partial charge in [0.1, 0.15) is 11.4 Å². The Morgan fingerprint density at radius 3 is 2.28 bits per heavy atom. The monoisotopic (exact) mass is 465 g/mol. The molecule has 1 saturated carbocycles. The molecule has 3 rings (SSSR count). The lowest BCUT2D eigenvalue weighted by molar-refractivity contribution is -0.137. The fourth-order valence-electron chi connectivity index (χ4n) is 3.23. The molecule has 0 radical (unpaired) electrons. The van der Waals surface area contributed by atoms with Crippen LogP contribution in [0.2, 0.25) is 0 Å².